The van der Waals surface area contributed by atoms with E-state index < -0.39 is 50.2 Å². The lowest BCUT2D eigenvalue weighted by molar-refractivity contribution is -0.131. The summed E-state index contributed by atoms with van der Waals surface area (Å²) < 4.78 is 73.3. The van der Waals surface area contributed by atoms with Crippen LogP contribution < -0.4 is 5.32 Å². The molecule has 216 valence electrons. The molecule has 3 aliphatic rings. The number of sulfone groups is 1. The van der Waals surface area contributed by atoms with Gasteiger partial charge in [0.1, 0.15) is 6.10 Å². The zero-order valence-corrected chi connectivity index (χ0v) is 23.0. The van der Waals surface area contributed by atoms with Gasteiger partial charge in [-0.05, 0) is 75.0 Å². The van der Waals surface area contributed by atoms with Gasteiger partial charge in [-0.15, -0.1) is 0 Å². The Morgan fingerprint density at radius 3 is 2.30 bits per heavy atom. The van der Waals surface area contributed by atoms with Gasteiger partial charge >= 0.3 is 0 Å². The lowest BCUT2D eigenvalue weighted by Gasteiger charge is -2.42. The number of benzene rings is 2. The van der Waals surface area contributed by atoms with Gasteiger partial charge in [-0.3, -0.25) is 9.59 Å². The summed E-state index contributed by atoms with van der Waals surface area (Å²) in [5.41, 5.74) is -1.61. The molecule has 1 amide bonds. The standard InChI is InChI=1S/C28H29ClF3NO6S/c29-20-6-3-15(27(35)33-18-13-21(30)26(32)22(31)14-18)10-25(20)40(37,38)19-11-16-4-5-17(12-19)28(16,36)8-7-23(34)24-2-1-9-39-24/h3,6,10,13-14,16-17,19,24,36H,1-2,4-5,7-9,11-12H2,(H,33,35)/t16-,17?,19?,24+,28?/m0/s1. The Hall–Kier alpha value is -2.47. The summed E-state index contributed by atoms with van der Waals surface area (Å²) >= 11 is 6.26. The van der Waals surface area contributed by atoms with Crippen molar-refractivity contribution >= 4 is 38.8 Å². The zero-order valence-electron chi connectivity index (χ0n) is 21.5. The minimum absolute atomic E-state index is 0.0342. The number of rotatable bonds is 8. The van der Waals surface area contributed by atoms with Gasteiger partial charge in [0.05, 0.1) is 20.8 Å². The molecule has 1 saturated heterocycles. The Balaban J connectivity index is 1.31. The number of halogens is 4. The number of nitrogens with one attached hydrogen (secondary N) is 1. The minimum Gasteiger partial charge on any atom is -0.389 e. The van der Waals surface area contributed by atoms with Gasteiger partial charge in [0, 0.05) is 36.4 Å². The maximum Gasteiger partial charge on any atom is 0.255 e. The highest BCUT2D eigenvalue weighted by Gasteiger charge is 2.55. The summed E-state index contributed by atoms with van der Waals surface area (Å²) in [5.74, 6) is -6.18. The summed E-state index contributed by atoms with van der Waals surface area (Å²) in [6.45, 7) is 0.556. The van der Waals surface area contributed by atoms with Crippen LogP contribution in [0.1, 0.15) is 61.7 Å². The average molecular weight is 600 g/mol. The van der Waals surface area contributed by atoms with Crippen molar-refractivity contribution in [3.63, 3.8) is 0 Å². The first-order valence-electron chi connectivity index (χ1n) is 13.3. The number of carbonyl (C=O) groups excluding carboxylic acids is 2. The van der Waals surface area contributed by atoms with Gasteiger partial charge in [-0.25, -0.2) is 21.6 Å². The predicted octanol–water partition coefficient (Wildman–Crippen LogP) is 5.23. The molecule has 5 rings (SSSR count). The molecule has 5 atom stereocenters. The van der Waals surface area contributed by atoms with Crippen molar-refractivity contribution in [2.75, 3.05) is 11.9 Å². The maximum atomic E-state index is 13.7. The number of hydrogen-bond acceptors (Lipinski definition) is 6. The molecule has 2 N–H and O–H groups in total. The number of anilines is 1. The molecule has 2 saturated carbocycles. The summed E-state index contributed by atoms with van der Waals surface area (Å²) in [6.07, 6.45) is 3.18. The smallest absolute Gasteiger partial charge is 0.255 e. The lowest BCUT2D eigenvalue weighted by atomic mass is 9.71. The van der Waals surface area contributed by atoms with Crippen molar-refractivity contribution in [3.8, 4) is 0 Å². The molecule has 1 aliphatic heterocycles. The van der Waals surface area contributed by atoms with E-state index in [2.05, 4.69) is 5.32 Å². The summed E-state index contributed by atoms with van der Waals surface area (Å²) in [4.78, 5) is 25.0. The summed E-state index contributed by atoms with van der Waals surface area (Å²) in [7, 11) is -4.04. The summed E-state index contributed by atoms with van der Waals surface area (Å²) in [5, 5.41) is 12.8. The lowest BCUT2D eigenvalue weighted by Crippen LogP contribution is -2.48. The van der Waals surface area contributed by atoms with Gasteiger partial charge in [0.15, 0.2) is 33.1 Å². The molecule has 1 heterocycles. The van der Waals surface area contributed by atoms with Gasteiger partial charge in [-0.2, -0.15) is 0 Å². The highest BCUT2D eigenvalue weighted by molar-refractivity contribution is 7.92. The molecule has 40 heavy (non-hydrogen) atoms. The van der Waals surface area contributed by atoms with Crippen molar-refractivity contribution in [2.24, 2.45) is 11.8 Å². The second-order valence-corrected chi connectivity index (χ2v) is 13.5. The van der Waals surface area contributed by atoms with Crippen LogP contribution in [0.5, 0.6) is 0 Å². The second kappa shape index (κ2) is 11.1. The normalized spacial score (nSPS) is 28.0. The molecule has 0 aromatic heterocycles. The molecule has 12 heteroatoms. The third kappa shape index (κ3) is 5.41. The average Bonchev–Trinajstić information content (AvgIpc) is 3.48. The van der Waals surface area contributed by atoms with E-state index in [1.807, 2.05) is 0 Å². The number of ether oxygens (including phenoxy) is 1. The Morgan fingerprint density at radius 1 is 1.05 bits per heavy atom. The van der Waals surface area contributed by atoms with Crippen molar-refractivity contribution in [1.29, 1.82) is 0 Å². The molecule has 2 aromatic carbocycles. The number of aliphatic hydroxyl groups is 1. The van der Waals surface area contributed by atoms with Crippen molar-refractivity contribution in [2.45, 2.75) is 73.2 Å². The van der Waals surface area contributed by atoms with E-state index in [1.54, 1.807) is 0 Å². The zero-order chi connectivity index (χ0) is 28.8. The van der Waals surface area contributed by atoms with Crippen molar-refractivity contribution in [3.05, 3.63) is 58.4 Å². The molecular weight excluding hydrogens is 571 g/mol. The molecule has 2 bridgehead atoms. The van der Waals surface area contributed by atoms with E-state index in [0.29, 0.717) is 38.0 Å². The fourth-order valence-corrected chi connectivity index (χ4v) is 8.86. The molecule has 0 spiro atoms. The Labute approximate surface area is 235 Å². The quantitative estimate of drug-likeness (QED) is 0.402. The summed E-state index contributed by atoms with van der Waals surface area (Å²) in [6, 6.07) is 4.83. The van der Waals surface area contributed by atoms with Crippen molar-refractivity contribution in [1.82, 2.24) is 0 Å². The predicted molar refractivity (Wildman–Crippen MR) is 140 cm³/mol. The Kier molecular flexibility index (Phi) is 8.04. The van der Waals surface area contributed by atoms with Gasteiger partial charge in [0.25, 0.3) is 5.91 Å². The number of carbonyl (C=O) groups is 2. The highest BCUT2D eigenvalue weighted by atomic mass is 35.5. The van der Waals surface area contributed by atoms with E-state index in [1.165, 1.54) is 12.1 Å². The first kappa shape index (κ1) is 29.0. The Morgan fingerprint density at radius 2 is 1.70 bits per heavy atom. The number of Topliss-reactive ketones (excluding diaryl/α,β-unsaturated/α-hetero) is 1. The molecule has 3 unspecified atom stereocenters. The van der Waals surface area contributed by atoms with E-state index >= 15 is 0 Å². The first-order valence-corrected chi connectivity index (χ1v) is 15.2. The van der Waals surface area contributed by atoms with Crippen LogP contribution in [-0.2, 0) is 19.4 Å². The molecule has 2 aromatic rings. The molecule has 2 aliphatic carbocycles. The number of fused-ring (bicyclic) bond motifs is 2. The van der Waals surface area contributed by atoms with Crippen LogP contribution in [0.15, 0.2) is 35.2 Å². The van der Waals surface area contributed by atoms with Crippen LogP contribution in [0, 0.1) is 29.3 Å². The second-order valence-electron chi connectivity index (χ2n) is 10.9. The number of amides is 1. The molecule has 7 nitrogen and oxygen atoms in total. The third-order valence-corrected chi connectivity index (χ3v) is 11.3. The largest absolute Gasteiger partial charge is 0.389 e. The minimum atomic E-state index is -4.04. The maximum absolute atomic E-state index is 13.7. The van der Waals surface area contributed by atoms with Crippen LogP contribution in [0.3, 0.4) is 0 Å². The third-order valence-electron chi connectivity index (χ3n) is 8.61. The van der Waals surface area contributed by atoms with Gasteiger partial charge in [-0.1, -0.05) is 11.6 Å². The SMILES string of the molecule is O=C(Nc1cc(F)c(F)c(F)c1)c1ccc(Cl)c(S(=O)(=O)C2CC3CC[C@@H](C2)C3(O)CCC(=O)[C@H]2CCCO2)c1. The van der Waals surface area contributed by atoms with E-state index in [4.69, 9.17) is 16.3 Å². The fourth-order valence-electron chi connectivity index (χ4n) is 6.46. The highest BCUT2D eigenvalue weighted by Crippen LogP contribution is 2.54. The van der Waals surface area contributed by atoms with Crippen LogP contribution in [-0.4, -0.2) is 48.8 Å². The number of hydrogen-bond donors (Lipinski definition) is 2. The van der Waals surface area contributed by atoms with Crippen LogP contribution in [0.4, 0.5) is 18.9 Å². The molecular formula is C28H29ClF3NO6S. The monoisotopic (exact) mass is 599 g/mol. The van der Waals surface area contributed by atoms with Crippen LogP contribution in [0.2, 0.25) is 5.02 Å². The van der Waals surface area contributed by atoms with Gasteiger partial charge < -0.3 is 15.2 Å². The van der Waals surface area contributed by atoms with E-state index in [9.17, 15) is 36.3 Å². The van der Waals surface area contributed by atoms with Crippen LogP contribution in [0.25, 0.3) is 0 Å². The van der Waals surface area contributed by atoms with E-state index in [0.717, 1.165) is 12.5 Å². The Bertz CT molecular complexity index is 1410. The van der Waals surface area contributed by atoms with E-state index in [-0.39, 0.29) is 64.5 Å². The molecule has 3 fully saturated rings. The van der Waals surface area contributed by atoms with Crippen molar-refractivity contribution < 1.29 is 41.0 Å². The molecule has 0 radical (unpaired) electrons. The fraction of sp³-hybridized carbons (Fsp3) is 0.500. The first-order chi connectivity index (χ1) is 18.9. The van der Waals surface area contributed by atoms with Gasteiger partial charge in [0.2, 0.25) is 0 Å². The number of ketones is 1. The topological polar surface area (TPSA) is 110 Å². The van der Waals surface area contributed by atoms with Crippen LogP contribution >= 0.6 is 11.6 Å².